The summed E-state index contributed by atoms with van der Waals surface area (Å²) in [5, 5.41) is 57.5. The van der Waals surface area contributed by atoms with Gasteiger partial charge in [0.1, 0.15) is 24.4 Å². The van der Waals surface area contributed by atoms with Crippen molar-refractivity contribution in [1.29, 1.82) is 0 Å². The van der Waals surface area contributed by atoms with Gasteiger partial charge in [-0.2, -0.15) is 0 Å². The van der Waals surface area contributed by atoms with Crippen molar-refractivity contribution in [2.75, 3.05) is 13.2 Å². The standard InChI is InChI=1S/C82H147NO10/c1-4-7-10-13-16-19-22-25-27-29-31-33-35-37-38-39-41-43-45-47-49-52-55-58-61-64-67-70-77(87)93-80-79(89)78(88)76(71-84)92-82(80)91-72-73(74(85)68-65-62-59-56-53-50-24-21-18-15-12-9-6-3)83-81(90)75(86)69-66-63-60-57-54-51-48-46-44-42-40-36-34-32-30-28-26-23-20-17-14-11-8-5-2/h16-17,19-20,25-28,31,33,37-38,65,68,73-76,78-80,82,84-86,88-89H,4-15,18,21-24,29-30,32,34-36,39-64,66-67,69-72H2,1-3H3,(H,83,90)/b19-16-,20-17-,27-25-,28-26-,33-31-,38-37-,68-65+. The van der Waals surface area contributed by atoms with Crippen LogP contribution in [0.15, 0.2) is 85.1 Å². The SMILES string of the molecule is CCCCC/C=C\C/C=C\C/C=C\C/C=C\CCCCCCCCCCCCCC(=O)OC1C(OCC(NC(=O)C(O)CCCCCCCCCCCCCCCC/C=C\C/C=C\CCCCC)C(O)/C=C/CCCCCCCCCCCCC)OC(CO)C(O)C1O. The maximum absolute atomic E-state index is 13.5. The lowest BCUT2D eigenvalue weighted by Gasteiger charge is -2.41. The molecular formula is C82H147NO10. The Morgan fingerprint density at radius 3 is 1.13 bits per heavy atom. The summed E-state index contributed by atoms with van der Waals surface area (Å²) in [6.07, 6.45) is 81.9. The van der Waals surface area contributed by atoms with Gasteiger partial charge in [0.05, 0.1) is 25.4 Å². The van der Waals surface area contributed by atoms with Gasteiger partial charge in [-0.1, -0.05) is 337 Å². The fourth-order valence-corrected chi connectivity index (χ4v) is 12.1. The molecule has 1 heterocycles. The van der Waals surface area contributed by atoms with Crippen molar-refractivity contribution in [3.8, 4) is 0 Å². The number of rotatable bonds is 68. The first-order valence-electron chi connectivity index (χ1n) is 39.4. The molecule has 0 spiro atoms. The van der Waals surface area contributed by atoms with E-state index in [2.05, 4.69) is 99.0 Å². The second-order valence-electron chi connectivity index (χ2n) is 27.1. The van der Waals surface area contributed by atoms with Crippen molar-refractivity contribution in [3.63, 3.8) is 0 Å². The Labute approximate surface area is 572 Å². The minimum Gasteiger partial charge on any atom is -0.454 e. The molecule has 540 valence electrons. The molecule has 1 aliphatic heterocycles. The number of esters is 1. The molecule has 1 amide bonds. The van der Waals surface area contributed by atoms with E-state index in [4.69, 9.17) is 14.2 Å². The predicted molar refractivity (Wildman–Crippen MR) is 393 cm³/mol. The third-order valence-corrected chi connectivity index (χ3v) is 18.3. The molecule has 1 rings (SSSR count). The third kappa shape index (κ3) is 55.5. The second kappa shape index (κ2) is 68.8. The Morgan fingerprint density at radius 1 is 0.419 bits per heavy atom. The van der Waals surface area contributed by atoms with E-state index >= 15 is 0 Å². The summed E-state index contributed by atoms with van der Waals surface area (Å²) in [7, 11) is 0. The molecule has 0 aromatic heterocycles. The van der Waals surface area contributed by atoms with Crippen molar-refractivity contribution in [1.82, 2.24) is 5.32 Å². The van der Waals surface area contributed by atoms with E-state index in [1.54, 1.807) is 6.08 Å². The molecule has 1 fully saturated rings. The molecule has 93 heavy (non-hydrogen) atoms. The van der Waals surface area contributed by atoms with Gasteiger partial charge in [-0.25, -0.2) is 0 Å². The van der Waals surface area contributed by atoms with Gasteiger partial charge < -0.3 is 45.1 Å². The highest BCUT2D eigenvalue weighted by Crippen LogP contribution is 2.27. The highest BCUT2D eigenvalue weighted by atomic mass is 16.7. The summed E-state index contributed by atoms with van der Waals surface area (Å²) in [5.74, 6) is -1.19. The van der Waals surface area contributed by atoms with Gasteiger partial charge in [-0.3, -0.25) is 9.59 Å². The molecule has 1 aliphatic rings. The Morgan fingerprint density at radius 2 is 0.742 bits per heavy atom. The van der Waals surface area contributed by atoms with Crippen LogP contribution in [0.5, 0.6) is 0 Å². The lowest BCUT2D eigenvalue weighted by Crippen LogP contribution is -2.61. The molecule has 0 aliphatic carbocycles. The van der Waals surface area contributed by atoms with Crippen LogP contribution in [0.4, 0.5) is 0 Å². The van der Waals surface area contributed by atoms with E-state index in [-0.39, 0.29) is 13.0 Å². The number of hydrogen-bond acceptors (Lipinski definition) is 10. The number of aliphatic hydroxyl groups excluding tert-OH is 5. The zero-order chi connectivity index (χ0) is 67.4. The number of carbonyl (C=O) groups is 2. The number of allylic oxidation sites excluding steroid dienone is 13. The highest BCUT2D eigenvalue weighted by Gasteiger charge is 2.47. The lowest BCUT2D eigenvalue weighted by molar-refractivity contribution is -0.305. The summed E-state index contributed by atoms with van der Waals surface area (Å²) in [5.41, 5.74) is 0. The van der Waals surface area contributed by atoms with Crippen LogP contribution < -0.4 is 5.32 Å². The normalized spacial score (nSPS) is 18.3. The highest BCUT2D eigenvalue weighted by molar-refractivity contribution is 5.80. The van der Waals surface area contributed by atoms with Crippen molar-refractivity contribution in [2.24, 2.45) is 0 Å². The Bertz CT molecular complexity index is 1840. The van der Waals surface area contributed by atoms with Gasteiger partial charge in [-0.05, 0) is 103 Å². The molecule has 1 saturated heterocycles. The van der Waals surface area contributed by atoms with Crippen LogP contribution in [0.1, 0.15) is 361 Å². The summed E-state index contributed by atoms with van der Waals surface area (Å²) in [6.45, 7) is 5.79. The van der Waals surface area contributed by atoms with E-state index in [1.807, 2.05) is 6.08 Å². The van der Waals surface area contributed by atoms with E-state index in [0.717, 1.165) is 89.9 Å². The molecule has 8 atom stereocenters. The molecule has 0 saturated carbocycles. The average Bonchev–Trinajstić information content (AvgIpc) is 0.844. The minimum absolute atomic E-state index is 0.118. The van der Waals surface area contributed by atoms with Crippen LogP contribution in [0.25, 0.3) is 0 Å². The van der Waals surface area contributed by atoms with Crippen LogP contribution in [-0.2, 0) is 23.8 Å². The number of nitrogens with one attached hydrogen (secondary N) is 1. The van der Waals surface area contributed by atoms with Crippen LogP contribution in [0.2, 0.25) is 0 Å². The lowest BCUT2D eigenvalue weighted by atomic mass is 9.99. The first-order chi connectivity index (χ1) is 45.7. The van der Waals surface area contributed by atoms with Gasteiger partial charge in [0.25, 0.3) is 0 Å². The molecule has 6 N–H and O–H groups in total. The number of unbranched alkanes of at least 4 members (excludes halogenated alkanes) is 42. The van der Waals surface area contributed by atoms with Crippen LogP contribution in [0.3, 0.4) is 0 Å². The number of carbonyl (C=O) groups excluding carboxylic acids is 2. The molecule has 11 heteroatoms. The maximum Gasteiger partial charge on any atom is 0.306 e. The van der Waals surface area contributed by atoms with E-state index in [0.29, 0.717) is 19.3 Å². The summed E-state index contributed by atoms with van der Waals surface area (Å²) < 4.78 is 17.8. The zero-order valence-electron chi connectivity index (χ0n) is 60.4. The van der Waals surface area contributed by atoms with Crippen molar-refractivity contribution in [2.45, 2.75) is 410 Å². The van der Waals surface area contributed by atoms with Crippen molar-refractivity contribution < 1.29 is 49.3 Å². The van der Waals surface area contributed by atoms with Gasteiger partial charge in [-0.15, -0.1) is 0 Å². The molecule has 11 nitrogen and oxygen atoms in total. The van der Waals surface area contributed by atoms with Crippen molar-refractivity contribution >= 4 is 11.9 Å². The van der Waals surface area contributed by atoms with Crippen LogP contribution in [-0.4, -0.2) is 99.6 Å². The second-order valence-corrected chi connectivity index (χ2v) is 27.1. The predicted octanol–water partition coefficient (Wildman–Crippen LogP) is 21.2. The fraction of sp³-hybridized carbons (Fsp3) is 0.805. The Kier molecular flexibility index (Phi) is 65.0. The maximum atomic E-state index is 13.5. The molecule has 0 bridgehead atoms. The number of amides is 1. The van der Waals surface area contributed by atoms with E-state index in [1.165, 1.54) is 225 Å². The van der Waals surface area contributed by atoms with Gasteiger partial charge in [0.2, 0.25) is 5.91 Å². The monoisotopic (exact) mass is 1310 g/mol. The Hall–Kier alpha value is -3.16. The van der Waals surface area contributed by atoms with E-state index < -0.39 is 67.4 Å². The first kappa shape index (κ1) is 87.9. The summed E-state index contributed by atoms with van der Waals surface area (Å²) >= 11 is 0. The summed E-state index contributed by atoms with van der Waals surface area (Å²) in [4.78, 5) is 26.8. The fourth-order valence-electron chi connectivity index (χ4n) is 12.1. The molecular weight excluding hydrogens is 1160 g/mol. The number of hydrogen-bond donors (Lipinski definition) is 6. The first-order valence-corrected chi connectivity index (χ1v) is 39.4. The average molecular weight is 1310 g/mol. The van der Waals surface area contributed by atoms with Gasteiger partial charge in [0, 0.05) is 6.42 Å². The smallest absolute Gasteiger partial charge is 0.306 e. The molecule has 0 aromatic rings. The number of ether oxygens (including phenoxy) is 3. The van der Waals surface area contributed by atoms with E-state index in [9.17, 15) is 35.1 Å². The molecule has 0 aromatic carbocycles. The minimum atomic E-state index is -1.62. The van der Waals surface area contributed by atoms with Crippen LogP contribution >= 0.6 is 0 Å². The molecule has 0 radical (unpaired) electrons. The van der Waals surface area contributed by atoms with Gasteiger partial charge >= 0.3 is 5.97 Å². The Balaban J connectivity index is 2.52. The van der Waals surface area contributed by atoms with Gasteiger partial charge in [0.15, 0.2) is 12.4 Å². The topological polar surface area (TPSA) is 175 Å². The zero-order valence-corrected chi connectivity index (χ0v) is 60.4. The largest absolute Gasteiger partial charge is 0.454 e. The van der Waals surface area contributed by atoms with Crippen molar-refractivity contribution in [3.05, 3.63) is 85.1 Å². The number of aliphatic hydroxyl groups is 5. The molecule has 8 unspecified atom stereocenters. The quantitative estimate of drug-likeness (QED) is 0.0195. The third-order valence-electron chi connectivity index (χ3n) is 18.3. The van der Waals surface area contributed by atoms with Crippen LogP contribution in [0, 0.1) is 0 Å². The summed E-state index contributed by atoms with van der Waals surface area (Å²) in [6, 6.07) is -1.03.